The summed E-state index contributed by atoms with van der Waals surface area (Å²) in [5, 5.41) is 3.37. The lowest BCUT2D eigenvalue weighted by Crippen LogP contribution is -2.30. The maximum atomic E-state index is 12.2. The van der Waals surface area contributed by atoms with Crippen LogP contribution in [0.3, 0.4) is 0 Å². The van der Waals surface area contributed by atoms with Gasteiger partial charge in [0.1, 0.15) is 0 Å². The molecule has 1 unspecified atom stereocenters. The Kier molecular flexibility index (Phi) is 5.01. The van der Waals surface area contributed by atoms with Crippen LogP contribution in [0.15, 0.2) is 29.2 Å². The Morgan fingerprint density at radius 2 is 1.78 bits per heavy atom. The van der Waals surface area contributed by atoms with Gasteiger partial charge >= 0.3 is 0 Å². The van der Waals surface area contributed by atoms with Crippen molar-refractivity contribution in [1.82, 2.24) is 5.32 Å². The predicted molar refractivity (Wildman–Crippen MR) is 72.3 cm³/mol. The minimum atomic E-state index is -2.34. The van der Waals surface area contributed by atoms with Crippen LogP contribution >= 0.6 is 11.8 Å². The van der Waals surface area contributed by atoms with Gasteiger partial charge in [-0.05, 0) is 55.5 Å². The molecule has 1 saturated heterocycles. The predicted octanol–water partition coefficient (Wildman–Crippen LogP) is 4.10. The van der Waals surface area contributed by atoms with Crippen molar-refractivity contribution in [3.8, 4) is 0 Å². The third-order valence-corrected chi connectivity index (χ3v) is 4.44. The zero-order chi connectivity index (χ0) is 13.0. The number of benzene rings is 1. The Bertz CT molecular complexity index is 361. The molecule has 0 spiro atoms. The van der Waals surface area contributed by atoms with Crippen LogP contribution in [0.1, 0.15) is 31.2 Å². The molecule has 1 aliphatic heterocycles. The van der Waals surface area contributed by atoms with E-state index in [1.54, 1.807) is 0 Å². The van der Waals surface area contributed by atoms with Gasteiger partial charge in [0.2, 0.25) is 0 Å². The molecule has 0 bridgehead atoms. The molecule has 100 valence electrons. The van der Waals surface area contributed by atoms with Gasteiger partial charge in [0, 0.05) is 4.90 Å². The van der Waals surface area contributed by atoms with Crippen LogP contribution < -0.4 is 5.32 Å². The van der Waals surface area contributed by atoms with Crippen LogP contribution in [0.5, 0.6) is 0 Å². The second-order valence-corrected chi connectivity index (χ2v) is 5.89. The van der Waals surface area contributed by atoms with E-state index in [1.165, 1.54) is 18.4 Å². The summed E-state index contributed by atoms with van der Waals surface area (Å²) in [6, 6.07) is 7.61. The third-order valence-electron chi connectivity index (χ3n) is 3.72. The lowest BCUT2D eigenvalue weighted by atomic mass is 9.82. The quantitative estimate of drug-likeness (QED) is 0.827. The highest BCUT2D eigenvalue weighted by Crippen LogP contribution is 2.32. The van der Waals surface area contributed by atoms with Gasteiger partial charge in [-0.25, -0.2) is 0 Å². The molecule has 1 aromatic rings. The molecule has 0 radical (unpaired) electrons. The van der Waals surface area contributed by atoms with Crippen molar-refractivity contribution in [2.24, 2.45) is 5.92 Å². The highest BCUT2D eigenvalue weighted by atomic mass is 32.2. The van der Waals surface area contributed by atoms with Gasteiger partial charge in [0.15, 0.2) is 0 Å². The molecule has 0 saturated carbocycles. The second kappa shape index (κ2) is 6.53. The monoisotopic (exact) mass is 271 g/mol. The van der Waals surface area contributed by atoms with E-state index in [0.717, 1.165) is 13.1 Å². The molecule has 1 aromatic carbocycles. The molecule has 0 aliphatic carbocycles. The van der Waals surface area contributed by atoms with Crippen LogP contribution in [0.25, 0.3) is 0 Å². The van der Waals surface area contributed by atoms with Crippen LogP contribution in [0.4, 0.5) is 8.78 Å². The molecule has 4 heteroatoms. The fraction of sp³-hybridized carbons (Fsp3) is 0.571. The van der Waals surface area contributed by atoms with Crippen molar-refractivity contribution in [1.29, 1.82) is 0 Å². The molecule has 1 heterocycles. The summed E-state index contributed by atoms with van der Waals surface area (Å²) in [4.78, 5) is 0.645. The standard InChI is InChI=1S/C14H19F2NS/c1-10(12-6-8-17-9-7-12)11-2-4-13(5-3-11)18-14(15)16/h2-5,10,12,14,17H,6-9H2,1H3. The van der Waals surface area contributed by atoms with Gasteiger partial charge in [0.25, 0.3) is 5.76 Å². The smallest absolute Gasteiger partial charge is 0.288 e. The first kappa shape index (κ1) is 13.8. The summed E-state index contributed by atoms with van der Waals surface area (Å²) in [7, 11) is 0. The molecule has 0 aromatic heterocycles. The molecule has 18 heavy (non-hydrogen) atoms. The highest BCUT2D eigenvalue weighted by Gasteiger charge is 2.21. The number of hydrogen-bond donors (Lipinski definition) is 1. The van der Waals surface area contributed by atoms with E-state index in [9.17, 15) is 8.78 Å². The van der Waals surface area contributed by atoms with Crippen molar-refractivity contribution in [2.45, 2.75) is 36.3 Å². The van der Waals surface area contributed by atoms with Crippen LogP contribution in [0, 0.1) is 5.92 Å². The number of piperidine rings is 1. The molecule has 0 amide bonds. The minimum Gasteiger partial charge on any atom is -0.317 e. The lowest BCUT2D eigenvalue weighted by molar-refractivity contribution is 0.252. The van der Waals surface area contributed by atoms with E-state index in [1.807, 2.05) is 24.3 Å². The highest BCUT2D eigenvalue weighted by molar-refractivity contribution is 7.99. The zero-order valence-corrected chi connectivity index (χ0v) is 11.4. The molecule has 1 nitrogen and oxygen atoms in total. The first-order chi connectivity index (χ1) is 8.66. The second-order valence-electron chi connectivity index (χ2n) is 4.82. The van der Waals surface area contributed by atoms with Crippen LogP contribution in [-0.4, -0.2) is 18.8 Å². The fourth-order valence-electron chi connectivity index (χ4n) is 2.57. The molecular weight excluding hydrogens is 252 g/mol. The van der Waals surface area contributed by atoms with Crippen molar-refractivity contribution >= 4 is 11.8 Å². The van der Waals surface area contributed by atoms with E-state index in [2.05, 4.69) is 12.2 Å². The molecular formula is C14H19F2NS. The van der Waals surface area contributed by atoms with Crippen LogP contribution in [-0.2, 0) is 0 Å². The average molecular weight is 271 g/mol. The molecule has 1 N–H and O–H groups in total. The van der Waals surface area contributed by atoms with Gasteiger partial charge in [-0.1, -0.05) is 30.8 Å². The summed E-state index contributed by atoms with van der Waals surface area (Å²) in [5.41, 5.74) is 1.26. The zero-order valence-electron chi connectivity index (χ0n) is 10.5. The van der Waals surface area contributed by atoms with Gasteiger partial charge in [-0.3, -0.25) is 0 Å². The van der Waals surface area contributed by atoms with Gasteiger partial charge in [-0.2, -0.15) is 8.78 Å². The Morgan fingerprint density at radius 1 is 1.17 bits per heavy atom. The maximum Gasteiger partial charge on any atom is 0.288 e. The molecule has 1 fully saturated rings. The van der Waals surface area contributed by atoms with E-state index in [4.69, 9.17) is 0 Å². The molecule has 1 aliphatic rings. The Labute approximate surface area is 111 Å². The van der Waals surface area contributed by atoms with Crippen LogP contribution in [0.2, 0.25) is 0 Å². The number of rotatable bonds is 4. The normalized spacial score (nSPS) is 19.1. The Balaban J connectivity index is 1.99. The lowest BCUT2D eigenvalue weighted by Gasteiger charge is -2.28. The summed E-state index contributed by atoms with van der Waals surface area (Å²) in [6.07, 6.45) is 2.41. The molecule has 1 atom stereocenters. The summed E-state index contributed by atoms with van der Waals surface area (Å²) < 4.78 is 24.5. The minimum absolute atomic E-state index is 0.512. The van der Waals surface area contributed by atoms with E-state index in [-0.39, 0.29) is 0 Å². The number of alkyl halides is 2. The number of hydrogen-bond acceptors (Lipinski definition) is 2. The number of thioether (sulfide) groups is 1. The average Bonchev–Trinajstić information content (AvgIpc) is 2.39. The Hall–Kier alpha value is -0.610. The van der Waals surface area contributed by atoms with Crippen molar-refractivity contribution in [2.75, 3.05) is 13.1 Å². The van der Waals surface area contributed by atoms with E-state index >= 15 is 0 Å². The largest absolute Gasteiger partial charge is 0.317 e. The number of halogens is 2. The van der Waals surface area contributed by atoms with Gasteiger partial charge in [-0.15, -0.1) is 0 Å². The first-order valence-electron chi connectivity index (χ1n) is 6.42. The SMILES string of the molecule is CC(c1ccc(SC(F)F)cc1)C1CCNCC1. The number of nitrogens with one attached hydrogen (secondary N) is 1. The maximum absolute atomic E-state index is 12.2. The van der Waals surface area contributed by atoms with Crippen molar-refractivity contribution in [3.05, 3.63) is 29.8 Å². The topological polar surface area (TPSA) is 12.0 Å². The summed E-state index contributed by atoms with van der Waals surface area (Å²) in [5.74, 6) is -1.12. The van der Waals surface area contributed by atoms with Gasteiger partial charge < -0.3 is 5.32 Å². The van der Waals surface area contributed by atoms with Gasteiger partial charge in [0.05, 0.1) is 0 Å². The van der Waals surface area contributed by atoms with E-state index < -0.39 is 5.76 Å². The Morgan fingerprint density at radius 3 is 2.33 bits per heavy atom. The first-order valence-corrected chi connectivity index (χ1v) is 7.30. The fourth-order valence-corrected chi connectivity index (χ4v) is 3.07. The summed E-state index contributed by atoms with van der Waals surface area (Å²) in [6.45, 7) is 4.42. The third kappa shape index (κ3) is 3.69. The van der Waals surface area contributed by atoms with Crippen molar-refractivity contribution in [3.63, 3.8) is 0 Å². The molecule has 2 rings (SSSR count). The summed E-state index contributed by atoms with van der Waals surface area (Å²) >= 11 is 0.611. The van der Waals surface area contributed by atoms with E-state index in [0.29, 0.717) is 28.5 Å². The van der Waals surface area contributed by atoms with Crippen molar-refractivity contribution < 1.29 is 8.78 Å².